The van der Waals surface area contributed by atoms with Crippen molar-refractivity contribution in [3.05, 3.63) is 39.9 Å². The molecule has 0 aromatic heterocycles. The van der Waals surface area contributed by atoms with E-state index in [1.807, 2.05) is 12.1 Å². The van der Waals surface area contributed by atoms with Gasteiger partial charge < -0.3 is 5.32 Å². The summed E-state index contributed by atoms with van der Waals surface area (Å²) in [5.74, 6) is -0.834. The molecule has 0 aliphatic rings. The summed E-state index contributed by atoms with van der Waals surface area (Å²) >= 11 is 0. The van der Waals surface area contributed by atoms with Gasteiger partial charge in [0.15, 0.2) is 0 Å². The number of rotatable bonds is 13. The molecule has 8 nitrogen and oxygen atoms in total. The molecule has 0 heterocycles. The first kappa shape index (κ1) is 22.6. The highest BCUT2D eigenvalue weighted by atomic mass is 16.6. The minimum atomic E-state index is -0.747. The van der Waals surface area contributed by atoms with Gasteiger partial charge in [-0.1, -0.05) is 50.3 Å². The number of hydrogen-bond donors (Lipinski definition) is 3. The predicted molar refractivity (Wildman–Crippen MR) is 101 cm³/mol. The Bertz CT molecular complexity index is 621. The Morgan fingerprint density at radius 3 is 2.30 bits per heavy atom. The molecule has 8 heteroatoms. The van der Waals surface area contributed by atoms with Gasteiger partial charge in [0, 0.05) is 18.1 Å². The number of nitro benzene ring substituents is 1. The van der Waals surface area contributed by atoms with E-state index in [2.05, 4.69) is 5.32 Å². The number of nitro groups is 1. The van der Waals surface area contributed by atoms with Gasteiger partial charge in [0.1, 0.15) is 6.04 Å². The van der Waals surface area contributed by atoms with Crippen molar-refractivity contribution in [1.29, 1.82) is 0 Å². The molecule has 0 saturated carbocycles. The van der Waals surface area contributed by atoms with Crippen LogP contribution in [-0.2, 0) is 16.0 Å². The highest BCUT2D eigenvalue weighted by Gasteiger charge is 2.14. The molecule has 1 unspecified atom stereocenters. The number of carbonyl (C=O) groups excluding carboxylic acids is 2. The summed E-state index contributed by atoms with van der Waals surface area (Å²) in [4.78, 5) is 33.3. The zero-order valence-electron chi connectivity index (χ0n) is 15.8. The smallest absolute Gasteiger partial charge is 0.272 e. The molecular formula is C19H29N3O5. The monoisotopic (exact) mass is 379 g/mol. The number of hydrogen-bond acceptors (Lipinski definition) is 5. The molecule has 3 N–H and O–H groups in total. The molecule has 1 aromatic carbocycles. The summed E-state index contributed by atoms with van der Waals surface area (Å²) in [5, 5.41) is 22.0. The van der Waals surface area contributed by atoms with E-state index in [1.54, 1.807) is 12.1 Å². The van der Waals surface area contributed by atoms with Crippen LogP contribution < -0.4 is 10.8 Å². The maximum atomic E-state index is 11.6. The summed E-state index contributed by atoms with van der Waals surface area (Å²) in [5.41, 5.74) is 2.49. The molecule has 0 bridgehead atoms. The van der Waals surface area contributed by atoms with Crippen molar-refractivity contribution in [1.82, 2.24) is 10.8 Å². The van der Waals surface area contributed by atoms with Gasteiger partial charge in [-0.3, -0.25) is 24.9 Å². The summed E-state index contributed by atoms with van der Waals surface area (Å²) in [6, 6.07) is 6.12. The van der Waals surface area contributed by atoms with Crippen LogP contribution in [0, 0.1) is 10.1 Å². The Balaban J connectivity index is 2.04. The standard InChI is InChI=1S/C19H29N3O5/c1-15(19(24)21-25)20-18(23)14-8-6-4-2-3-5-7-11-16-12-9-10-13-17(16)22(26)27/h9-10,12-13,15,25H,2-8,11,14H2,1H3,(H,20,23)(H,21,24). The van der Waals surface area contributed by atoms with Gasteiger partial charge in [-0.05, 0) is 26.2 Å². The predicted octanol–water partition coefficient (Wildman–Crippen LogP) is 3.27. The van der Waals surface area contributed by atoms with Crippen molar-refractivity contribution in [2.75, 3.05) is 0 Å². The lowest BCUT2D eigenvalue weighted by Crippen LogP contribution is -2.43. The van der Waals surface area contributed by atoms with Gasteiger partial charge >= 0.3 is 0 Å². The first-order valence-electron chi connectivity index (χ1n) is 9.41. The van der Waals surface area contributed by atoms with Gasteiger partial charge in [-0.15, -0.1) is 0 Å². The Kier molecular flexibility index (Phi) is 10.7. The Morgan fingerprint density at radius 1 is 1.07 bits per heavy atom. The molecule has 1 rings (SSSR count). The van der Waals surface area contributed by atoms with E-state index >= 15 is 0 Å². The van der Waals surface area contributed by atoms with E-state index in [1.165, 1.54) is 12.4 Å². The number of carbonyl (C=O) groups is 2. The lowest BCUT2D eigenvalue weighted by Gasteiger charge is -2.11. The third-order valence-electron chi connectivity index (χ3n) is 4.42. The zero-order valence-corrected chi connectivity index (χ0v) is 15.8. The summed E-state index contributed by atoms with van der Waals surface area (Å²) in [6.07, 6.45) is 7.91. The van der Waals surface area contributed by atoms with Gasteiger partial charge in [-0.2, -0.15) is 0 Å². The number of hydroxylamine groups is 1. The average molecular weight is 379 g/mol. The number of amides is 2. The second-order valence-electron chi connectivity index (χ2n) is 6.63. The van der Waals surface area contributed by atoms with Crippen molar-refractivity contribution in [3.8, 4) is 0 Å². The molecule has 150 valence electrons. The fourth-order valence-corrected chi connectivity index (χ4v) is 2.86. The Hall–Kier alpha value is -2.48. The Labute approximate surface area is 159 Å². The number of nitrogens with zero attached hydrogens (tertiary/aromatic N) is 1. The Morgan fingerprint density at radius 2 is 1.67 bits per heavy atom. The lowest BCUT2D eigenvalue weighted by molar-refractivity contribution is -0.385. The van der Waals surface area contributed by atoms with E-state index in [-0.39, 0.29) is 16.5 Å². The highest BCUT2D eigenvalue weighted by molar-refractivity contribution is 5.86. The van der Waals surface area contributed by atoms with Crippen molar-refractivity contribution in [2.45, 2.75) is 70.8 Å². The van der Waals surface area contributed by atoms with Crippen LogP contribution in [0.1, 0.15) is 63.9 Å². The van der Waals surface area contributed by atoms with Crippen molar-refractivity contribution < 1.29 is 19.7 Å². The molecular weight excluding hydrogens is 350 g/mol. The third kappa shape index (κ3) is 9.14. The highest BCUT2D eigenvalue weighted by Crippen LogP contribution is 2.20. The van der Waals surface area contributed by atoms with Crippen LogP contribution in [0.15, 0.2) is 24.3 Å². The summed E-state index contributed by atoms with van der Waals surface area (Å²) in [6.45, 7) is 1.51. The van der Waals surface area contributed by atoms with Crippen LogP contribution in [-0.4, -0.2) is 28.0 Å². The van der Waals surface area contributed by atoms with Crippen molar-refractivity contribution in [3.63, 3.8) is 0 Å². The third-order valence-corrected chi connectivity index (χ3v) is 4.42. The molecule has 0 saturated heterocycles. The molecule has 0 aliphatic carbocycles. The summed E-state index contributed by atoms with van der Waals surface area (Å²) in [7, 11) is 0. The minimum Gasteiger partial charge on any atom is -0.345 e. The minimum absolute atomic E-state index is 0.196. The maximum Gasteiger partial charge on any atom is 0.272 e. The van der Waals surface area contributed by atoms with Crippen LogP contribution in [0.25, 0.3) is 0 Å². The SMILES string of the molecule is CC(NC(=O)CCCCCCCCCc1ccccc1[N+](=O)[O-])C(=O)NO. The topological polar surface area (TPSA) is 122 Å². The number of nitrogens with one attached hydrogen (secondary N) is 2. The van der Waals surface area contributed by atoms with E-state index < -0.39 is 11.9 Å². The van der Waals surface area contributed by atoms with Crippen LogP contribution in [0.4, 0.5) is 5.69 Å². The molecule has 2 amide bonds. The molecule has 0 spiro atoms. The molecule has 1 aromatic rings. The first-order chi connectivity index (χ1) is 13.0. The molecule has 27 heavy (non-hydrogen) atoms. The molecule has 0 radical (unpaired) electrons. The van der Waals surface area contributed by atoms with Crippen molar-refractivity contribution in [2.24, 2.45) is 0 Å². The number of unbranched alkanes of at least 4 members (excludes halogenated alkanes) is 6. The van der Waals surface area contributed by atoms with E-state index in [9.17, 15) is 19.7 Å². The van der Waals surface area contributed by atoms with E-state index in [4.69, 9.17) is 5.21 Å². The van der Waals surface area contributed by atoms with Crippen LogP contribution in [0.3, 0.4) is 0 Å². The number of para-hydroxylation sites is 1. The first-order valence-corrected chi connectivity index (χ1v) is 9.41. The maximum absolute atomic E-state index is 11.6. The average Bonchev–Trinajstić information content (AvgIpc) is 2.66. The fraction of sp³-hybridized carbons (Fsp3) is 0.579. The van der Waals surface area contributed by atoms with Gasteiger partial charge in [0.05, 0.1) is 4.92 Å². The molecule has 1 atom stereocenters. The van der Waals surface area contributed by atoms with Crippen LogP contribution in [0.5, 0.6) is 0 Å². The quantitative estimate of drug-likeness (QED) is 0.210. The normalized spacial score (nSPS) is 11.6. The van der Waals surface area contributed by atoms with Gasteiger partial charge in [0.25, 0.3) is 11.6 Å². The molecule has 0 aliphatic heterocycles. The van der Waals surface area contributed by atoms with Crippen molar-refractivity contribution >= 4 is 17.5 Å². The summed E-state index contributed by atoms with van der Waals surface area (Å²) < 4.78 is 0. The second kappa shape index (κ2) is 12.8. The van der Waals surface area contributed by atoms with Gasteiger partial charge in [0.2, 0.25) is 5.91 Å². The molecule has 0 fully saturated rings. The second-order valence-corrected chi connectivity index (χ2v) is 6.63. The number of aryl methyl sites for hydroxylation is 1. The van der Waals surface area contributed by atoms with Gasteiger partial charge in [-0.25, -0.2) is 5.48 Å². The van der Waals surface area contributed by atoms with E-state index in [0.717, 1.165) is 56.9 Å². The van der Waals surface area contributed by atoms with Crippen LogP contribution in [0.2, 0.25) is 0 Å². The largest absolute Gasteiger partial charge is 0.345 e. The zero-order chi connectivity index (χ0) is 20.1. The number of benzene rings is 1. The lowest BCUT2D eigenvalue weighted by atomic mass is 10.0. The van der Waals surface area contributed by atoms with Crippen LogP contribution >= 0.6 is 0 Å². The van der Waals surface area contributed by atoms with E-state index in [0.29, 0.717) is 6.42 Å². The fourth-order valence-electron chi connectivity index (χ4n) is 2.86.